The van der Waals surface area contributed by atoms with E-state index < -0.39 is 17.8 Å². The predicted molar refractivity (Wildman–Crippen MR) is 39.2 cm³/mol. The number of fused-ring (bicyclic) bond motifs is 3. The largest absolute Gasteiger partial charge is 0.421 e. The van der Waals surface area contributed by atoms with Crippen molar-refractivity contribution < 1.29 is 19.1 Å². The molecular weight excluding hydrogens is 174 g/mol. The van der Waals surface area contributed by atoms with E-state index in [0.717, 1.165) is 19.5 Å². The Morgan fingerprint density at radius 3 is 2.46 bits per heavy atom. The minimum atomic E-state index is -1.02. The van der Waals surface area contributed by atoms with Crippen molar-refractivity contribution in [1.29, 1.82) is 0 Å². The van der Waals surface area contributed by atoms with Crippen molar-refractivity contribution in [3.63, 3.8) is 0 Å². The molecule has 5 heteroatoms. The van der Waals surface area contributed by atoms with Crippen LogP contribution in [0.2, 0.25) is 0 Å². The lowest BCUT2D eigenvalue weighted by molar-refractivity contribution is -0.238. The molecule has 2 unspecified atom stereocenters. The van der Waals surface area contributed by atoms with Gasteiger partial charge in [-0.25, -0.2) is 14.5 Å². The lowest BCUT2D eigenvalue weighted by Crippen LogP contribution is -2.46. The van der Waals surface area contributed by atoms with Gasteiger partial charge in [0.2, 0.25) is 0 Å². The first-order valence-electron chi connectivity index (χ1n) is 4.41. The van der Waals surface area contributed by atoms with Crippen molar-refractivity contribution in [2.75, 3.05) is 13.1 Å². The molecule has 3 heterocycles. The standard InChI is InChI=1S/C8H9NO4/c10-6-7(11)13-8(12-6)3-5-1-2-9(8)4-5/h5H,1-4H2. The minimum absolute atomic E-state index is 0.513. The second kappa shape index (κ2) is 2.04. The van der Waals surface area contributed by atoms with E-state index in [1.165, 1.54) is 0 Å². The van der Waals surface area contributed by atoms with Crippen molar-refractivity contribution in [1.82, 2.24) is 4.90 Å². The zero-order chi connectivity index (χ0) is 9.05. The first kappa shape index (κ1) is 7.32. The van der Waals surface area contributed by atoms with Crippen LogP contribution in [0.1, 0.15) is 12.8 Å². The Hall–Kier alpha value is -1.10. The van der Waals surface area contributed by atoms with Gasteiger partial charge in [-0.05, 0) is 12.3 Å². The van der Waals surface area contributed by atoms with Gasteiger partial charge in [0.1, 0.15) is 0 Å². The van der Waals surface area contributed by atoms with Crippen LogP contribution in [-0.4, -0.2) is 35.8 Å². The van der Waals surface area contributed by atoms with Gasteiger partial charge in [0, 0.05) is 19.5 Å². The molecule has 2 bridgehead atoms. The molecule has 3 rings (SSSR count). The van der Waals surface area contributed by atoms with Crippen LogP contribution in [-0.2, 0) is 19.1 Å². The fourth-order valence-corrected chi connectivity index (χ4v) is 2.41. The highest BCUT2D eigenvalue weighted by molar-refractivity contribution is 6.31. The fraction of sp³-hybridized carbons (Fsp3) is 0.750. The van der Waals surface area contributed by atoms with Gasteiger partial charge < -0.3 is 9.47 Å². The van der Waals surface area contributed by atoms with E-state index in [-0.39, 0.29) is 0 Å². The van der Waals surface area contributed by atoms with Crippen LogP contribution in [0.15, 0.2) is 0 Å². The third-order valence-electron chi connectivity index (χ3n) is 2.99. The number of rotatable bonds is 0. The van der Waals surface area contributed by atoms with E-state index in [0.29, 0.717) is 12.3 Å². The lowest BCUT2D eigenvalue weighted by atomic mass is 10.0. The van der Waals surface area contributed by atoms with Crippen LogP contribution in [0.3, 0.4) is 0 Å². The summed E-state index contributed by atoms with van der Waals surface area (Å²) >= 11 is 0. The van der Waals surface area contributed by atoms with Crippen LogP contribution in [0.5, 0.6) is 0 Å². The number of carbonyl (C=O) groups excluding carboxylic acids is 2. The molecule has 5 nitrogen and oxygen atoms in total. The molecule has 3 fully saturated rings. The van der Waals surface area contributed by atoms with Gasteiger partial charge in [-0.2, -0.15) is 0 Å². The minimum Gasteiger partial charge on any atom is -0.400 e. The summed E-state index contributed by atoms with van der Waals surface area (Å²) in [7, 11) is 0. The SMILES string of the molecule is O=C1OC2(CC3CCN2C3)OC1=O. The second-order valence-electron chi connectivity index (χ2n) is 3.80. The summed E-state index contributed by atoms with van der Waals surface area (Å²) in [6, 6.07) is 0. The molecule has 1 spiro atoms. The number of piperidine rings is 1. The van der Waals surface area contributed by atoms with Crippen molar-refractivity contribution in [2.24, 2.45) is 5.92 Å². The number of esters is 2. The number of nitrogens with zero attached hydrogens (tertiary/aromatic N) is 1. The normalized spacial score (nSPS) is 39.7. The summed E-state index contributed by atoms with van der Waals surface area (Å²) in [5.74, 6) is -2.21. The smallest absolute Gasteiger partial charge is 0.400 e. The zero-order valence-corrected chi connectivity index (χ0v) is 6.99. The van der Waals surface area contributed by atoms with E-state index in [2.05, 4.69) is 0 Å². The average molecular weight is 183 g/mol. The van der Waals surface area contributed by atoms with Crippen LogP contribution < -0.4 is 0 Å². The Kier molecular flexibility index (Phi) is 1.15. The zero-order valence-electron chi connectivity index (χ0n) is 6.99. The molecule has 0 radical (unpaired) electrons. The Morgan fingerprint density at radius 2 is 2.00 bits per heavy atom. The van der Waals surface area contributed by atoms with Gasteiger partial charge in [0.05, 0.1) is 0 Å². The fourth-order valence-electron chi connectivity index (χ4n) is 2.41. The first-order chi connectivity index (χ1) is 6.20. The highest BCUT2D eigenvalue weighted by Crippen LogP contribution is 2.44. The number of ether oxygens (including phenoxy) is 2. The Labute approximate surface area is 74.6 Å². The summed E-state index contributed by atoms with van der Waals surface area (Å²) < 4.78 is 9.94. The van der Waals surface area contributed by atoms with E-state index in [4.69, 9.17) is 9.47 Å². The molecule has 13 heavy (non-hydrogen) atoms. The molecule has 70 valence electrons. The van der Waals surface area contributed by atoms with Gasteiger partial charge in [-0.1, -0.05) is 0 Å². The maximum Gasteiger partial charge on any atom is 0.421 e. The van der Waals surface area contributed by atoms with Gasteiger partial charge in [-0.3, -0.25) is 0 Å². The average Bonchev–Trinajstić information content (AvgIpc) is 2.68. The monoisotopic (exact) mass is 183 g/mol. The maximum atomic E-state index is 10.9. The molecule has 0 aromatic carbocycles. The van der Waals surface area contributed by atoms with Gasteiger partial charge in [0.15, 0.2) is 0 Å². The molecule has 3 aliphatic rings. The molecule has 0 aromatic heterocycles. The van der Waals surface area contributed by atoms with Crippen molar-refractivity contribution >= 4 is 11.9 Å². The number of hydrogen-bond acceptors (Lipinski definition) is 5. The number of carbonyl (C=O) groups is 2. The van der Waals surface area contributed by atoms with Gasteiger partial charge >= 0.3 is 17.8 Å². The third-order valence-corrected chi connectivity index (χ3v) is 2.99. The summed E-state index contributed by atoms with van der Waals surface area (Å²) in [6.07, 6.45) is 1.75. The number of hydrogen-bond donors (Lipinski definition) is 0. The van der Waals surface area contributed by atoms with E-state index >= 15 is 0 Å². The summed E-state index contributed by atoms with van der Waals surface area (Å²) in [6.45, 7) is 1.73. The summed E-state index contributed by atoms with van der Waals surface area (Å²) in [5.41, 5.74) is 0. The topological polar surface area (TPSA) is 55.8 Å². The predicted octanol–water partition coefficient (Wildman–Crippen LogP) is -0.534. The third kappa shape index (κ3) is 0.798. The molecule has 0 saturated carbocycles. The van der Waals surface area contributed by atoms with E-state index in [9.17, 15) is 9.59 Å². The van der Waals surface area contributed by atoms with Gasteiger partial charge in [-0.15, -0.1) is 0 Å². The van der Waals surface area contributed by atoms with E-state index in [1.54, 1.807) is 0 Å². The lowest BCUT2D eigenvalue weighted by Gasteiger charge is -2.31. The molecule has 0 N–H and O–H groups in total. The molecule has 0 amide bonds. The molecule has 0 aromatic rings. The van der Waals surface area contributed by atoms with Crippen LogP contribution in [0, 0.1) is 5.92 Å². The van der Waals surface area contributed by atoms with Crippen molar-refractivity contribution in [3.05, 3.63) is 0 Å². The first-order valence-corrected chi connectivity index (χ1v) is 4.41. The summed E-state index contributed by atoms with van der Waals surface area (Å²) in [4.78, 5) is 23.7. The van der Waals surface area contributed by atoms with Crippen LogP contribution in [0.4, 0.5) is 0 Å². The Balaban J connectivity index is 1.92. The molecular formula is C8H9NO4. The molecule has 3 aliphatic heterocycles. The Bertz CT molecular complexity index is 285. The maximum absolute atomic E-state index is 10.9. The van der Waals surface area contributed by atoms with Gasteiger partial charge in [0.25, 0.3) is 0 Å². The van der Waals surface area contributed by atoms with E-state index in [1.807, 2.05) is 4.90 Å². The van der Waals surface area contributed by atoms with Crippen molar-refractivity contribution in [2.45, 2.75) is 18.8 Å². The highest BCUT2D eigenvalue weighted by Gasteiger charge is 2.60. The quantitative estimate of drug-likeness (QED) is 0.373. The molecule has 3 saturated heterocycles. The van der Waals surface area contributed by atoms with Crippen LogP contribution >= 0.6 is 0 Å². The molecule has 0 aliphatic carbocycles. The molecule has 2 atom stereocenters. The Morgan fingerprint density at radius 1 is 1.31 bits per heavy atom. The summed E-state index contributed by atoms with van der Waals surface area (Å²) in [5, 5.41) is 0. The van der Waals surface area contributed by atoms with Crippen LogP contribution in [0.25, 0.3) is 0 Å². The van der Waals surface area contributed by atoms with Crippen molar-refractivity contribution in [3.8, 4) is 0 Å². The second-order valence-corrected chi connectivity index (χ2v) is 3.80. The highest BCUT2D eigenvalue weighted by atomic mass is 16.8.